The molecular formula is C25H26N2O7. The van der Waals surface area contributed by atoms with Crippen LogP contribution in [0.15, 0.2) is 51.9 Å². The first-order valence-electron chi connectivity index (χ1n) is 10.9. The molecule has 9 nitrogen and oxygen atoms in total. The number of rotatable bonds is 7. The standard InChI is InChI=1S/C25H26N2O7/c1-31-20-6-3-16(11-22(20)32-2)19-13-34-21-12-17(4-5-18(21)24(19)29)33-14-23(28)27-9-7-15(8-10-27)25(26)30/h3-6,11-13,15H,7-10,14H2,1-2H3,(H2,26,30). The average molecular weight is 466 g/mol. The second kappa shape index (κ2) is 9.86. The van der Waals surface area contributed by atoms with E-state index in [1.165, 1.54) is 13.4 Å². The van der Waals surface area contributed by atoms with E-state index in [1.54, 1.807) is 48.4 Å². The zero-order valence-electron chi connectivity index (χ0n) is 19.0. The molecule has 9 heteroatoms. The first-order chi connectivity index (χ1) is 16.4. The van der Waals surface area contributed by atoms with Gasteiger partial charge in [-0.15, -0.1) is 0 Å². The highest BCUT2D eigenvalue weighted by Crippen LogP contribution is 2.32. The number of ether oxygens (including phenoxy) is 3. The number of piperidine rings is 1. The van der Waals surface area contributed by atoms with Crippen molar-refractivity contribution in [2.45, 2.75) is 12.8 Å². The SMILES string of the molecule is COc1ccc(-c2coc3cc(OCC(=O)N4CCC(C(N)=O)CC4)ccc3c2=O)cc1OC. The van der Waals surface area contributed by atoms with Gasteiger partial charge in [-0.2, -0.15) is 0 Å². The summed E-state index contributed by atoms with van der Waals surface area (Å²) in [5.74, 6) is 0.799. The molecule has 0 radical (unpaired) electrons. The second-order valence-electron chi connectivity index (χ2n) is 8.05. The molecule has 1 aliphatic rings. The van der Waals surface area contributed by atoms with Gasteiger partial charge in [0.25, 0.3) is 5.91 Å². The van der Waals surface area contributed by atoms with E-state index in [2.05, 4.69) is 0 Å². The quantitative estimate of drug-likeness (QED) is 0.568. The fraction of sp³-hybridized carbons (Fsp3) is 0.320. The van der Waals surface area contributed by atoms with Gasteiger partial charge in [-0.25, -0.2) is 0 Å². The van der Waals surface area contributed by atoms with E-state index in [0.29, 0.717) is 65.3 Å². The number of benzene rings is 2. The van der Waals surface area contributed by atoms with Crippen LogP contribution in [0.4, 0.5) is 0 Å². The molecule has 0 spiro atoms. The van der Waals surface area contributed by atoms with Crippen LogP contribution in [-0.4, -0.2) is 50.6 Å². The number of nitrogens with two attached hydrogens (primary N) is 1. The van der Waals surface area contributed by atoms with Crippen molar-refractivity contribution in [1.29, 1.82) is 0 Å². The lowest BCUT2D eigenvalue weighted by atomic mass is 9.96. The van der Waals surface area contributed by atoms with Crippen LogP contribution in [0, 0.1) is 5.92 Å². The normalized spacial score (nSPS) is 14.1. The third kappa shape index (κ3) is 4.68. The van der Waals surface area contributed by atoms with Crippen molar-refractivity contribution in [2.24, 2.45) is 11.7 Å². The van der Waals surface area contributed by atoms with Crippen LogP contribution in [0.3, 0.4) is 0 Å². The lowest BCUT2D eigenvalue weighted by molar-refractivity contribution is -0.136. The van der Waals surface area contributed by atoms with Crippen LogP contribution in [0.2, 0.25) is 0 Å². The van der Waals surface area contributed by atoms with Crippen LogP contribution in [0.25, 0.3) is 22.1 Å². The van der Waals surface area contributed by atoms with Crippen LogP contribution >= 0.6 is 0 Å². The Morgan fingerprint density at radius 2 is 1.79 bits per heavy atom. The molecule has 0 saturated carbocycles. The van der Waals surface area contributed by atoms with Crippen LogP contribution in [0.5, 0.6) is 17.2 Å². The van der Waals surface area contributed by atoms with Gasteiger partial charge in [0.2, 0.25) is 5.91 Å². The summed E-state index contributed by atoms with van der Waals surface area (Å²) in [6, 6.07) is 10.0. The smallest absolute Gasteiger partial charge is 0.260 e. The number of amides is 2. The van der Waals surface area contributed by atoms with Crippen molar-refractivity contribution in [3.63, 3.8) is 0 Å². The summed E-state index contributed by atoms with van der Waals surface area (Å²) in [5, 5.41) is 0.388. The van der Waals surface area contributed by atoms with E-state index in [1.807, 2.05) is 0 Å². The van der Waals surface area contributed by atoms with Crippen molar-refractivity contribution >= 4 is 22.8 Å². The molecule has 178 valence electrons. The summed E-state index contributed by atoms with van der Waals surface area (Å²) in [6.07, 6.45) is 2.51. The van der Waals surface area contributed by atoms with Gasteiger partial charge in [0, 0.05) is 25.1 Å². The summed E-state index contributed by atoms with van der Waals surface area (Å²) in [5.41, 5.74) is 6.51. The number of nitrogens with zero attached hydrogens (tertiary/aromatic N) is 1. The fourth-order valence-corrected chi connectivity index (χ4v) is 4.05. The van der Waals surface area contributed by atoms with E-state index < -0.39 is 0 Å². The zero-order valence-corrected chi connectivity index (χ0v) is 19.0. The van der Waals surface area contributed by atoms with Gasteiger partial charge in [-0.1, -0.05) is 6.07 Å². The van der Waals surface area contributed by atoms with E-state index in [9.17, 15) is 14.4 Å². The number of fused-ring (bicyclic) bond motifs is 1. The highest BCUT2D eigenvalue weighted by molar-refractivity contribution is 5.83. The number of primary amides is 1. The first-order valence-corrected chi connectivity index (χ1v) is 10.9. The predicted octanol–water partition coefficient (Wildman–Crippen LogP) is 2.58. The molecule has 2 heterocycles. The molecule has 1 saturated heterocycles. The summed E-state index contributed by atoms with van der Waals surface area (Å²) < 4.78 is 21.9. The largest absolute Gasteiger partial charge is 0.493 e. The highest BCUT2D eigenvalue weighted by Gasteiger charge is 2.26. The van der Waals surface area contributed by atoms with Crippen molar-refractivity contribution in [2.75, 3.05) is 33.9 Å². The van der Waals surface area contributed by atoms with Gasteiger partial charge in [0.1, 0.15) is 17.6 Å². The van der Waals surface area contributed by atoms with Crippen LogP contribution in [0.1, 0.15) is 12.8 Å². The summed E-state index contributed by atoms with van der Waals surface area (Å²) >= 11 is 0. The Labute approximate surface area is 196 Å². The maximum Gasteiger partial charge on any atom is 0.260 e. The molecule has 1 fully saturated rings. The maximum absolute atomic E-state index is 13.1. The Morgan fingerprint density at radius 1 is 1.06 bits per heavy atom. The number of carbonyl (C=O) groups excluding carboxylic acids is 2. The van der Waals surface area contributed by atoms with Crippen LogP contribution < -0.4 is 25.4 Å². The Balaban J connectivity index is 1.47. The Kier molecular flexibility index (Phi) is 6.72. The van der Waals surface area contributed by atoms with E-state index in [-0.39, 0.29) is 29.8 Å². The second-order valence-corrected chi connectivity index (χ2v) is 8.05. The minimum Gasteiger partial charge on any atom is -0.493 e. The first kappa shape index (κ1) is 23.2. The molecule has 2 amide bonds. The molecule has 0 atom stereocenters. The van der Waals surface area contributed by atoms with Crippen molar-refractivity contribution in [3.8, 4) is 28.4 Å². The Morgan fingerprint density at radius 3 is 2.47 bits per heavy atom. The van der Waals surface area contributed by atoms with Gasteiger partial charge >= 0.3 is 0 Å². The lowest BCUT2D eigenvalue weighted by Crippen LogP contribution is -2.43. The monoisotopic (exact) mass is 466 g/mol. The average Bonchev–Trinajstić information content (AvgIpc) is 2.87. The summed E-state index contributed by atoms with van der Waals surface area (Å²) in [7, 11) is 3.07. The summed E-state index contributed by atoms with van der Waals surface area (Å²) in [4.78, 5) is 38.5. The number of likely N-dealkylation sites (tertiary alicyclic amines) is 1. The molecule has 3 aromatic rings. The lowest BCUT2D eigenvalue weighted by Gasteiger charge is -2.30. The Hall–Kier alpha value is -4.01. The highest BCUT2D eigenvalue weighted by atomic mass is 16.5. The van der Waals surface area contributed by atoms with Gasteiger partial charge < -0.3 is 29.3 Å². The predicted molar refractivity (Wildman–Crippen MR) is 125 cm³/mol. The van der Waals surface area contributed by atoms with E-state index >= 15 is 0 Å². The number of carbonyl (C=O) groups is 2. The molecule has 34 heavy (non-hydrogen) atoms. The molecule has 1 aliphatic heterocycles. The number of methoxy groups -OCH3 is 2. The number of hydrogen-bond donors (Lipinski definition) is 1. The van der Waals surface area contributed by atoms with Crippen molar-refractivity contribution < 1.29 is 28.2 Å². The van der Waals surface area contributed by atoms with Crippen molar-refractivity contribution in [3.05, 3.63) is 52.9 Å². The number of hydrogen-bond acceptors (Lipinski definition) is 7. The third-order valence-electron chi connectivity index (χ3n) is 6.05. The molecule has 0 unspecified atom stereocenters. The topological polar surface area (TPSA) is 121 Å². The molecule has 0 bridgehead atoms. The van der Waals surface area contributed by atoms with Gasteiger partial charge in [0.15, 0.2) is 23.5 Å². The zero-order chi connectivity index (χ0) is 24.2. The molecule has 2 N–H and O–H groups in total. The Bertz CT molecular complexity index is 1280. The third-order valence-corrected chi connectivity index (χ3v) is 6.05. The van der Waals surface area contributed by atoms with Crippen molar-refractivity contribution in [1.82, 2.24) is 4.90 Å². The molecule has 4 rings (SSSR count). The van der Waals surface area contributed by atoms with Gasteiger partial charge in [0.05, 0.1) is 25.2 Å². The minimum absolute atomic E-state index is 0.152. The molecule has 0 aliphatic carbocycles. The summed E-state index contributed by atoms with van der Waals surface area (Å²) in [6.45, 7) is 0.795. The molecular weight excluding hydrogens is 440 g/mol. The molecule has 1 aromatic heterocycles. The van der Waals surface area contributed by atoms with Gasteiger partial charge in [-0.3, -0.25) is 14.4 Å². The maximum atomic E-state index is 13.1. The minimum atomic E-state index is -0.324. The van der Waals surface area contributed by atoms with E-state index in [4.69, 9.17) is 24.4 Å². The molecule has 2 aromatic carbocycles. The fourth-order valence-electron chi connectivity index (χ4n) is 4.05. The van der Waals surface area contributed by atoms with Gasteiger partial charge in [-0.05, 0) is 42.7 Å². The van der Waals surface area contributed by atoms with E-state index in [0.717, 1.165) is 0 Å². The van der Waals surface area contributed by atoms with Crippen LogP contribution in [-0.2, 0) is 9.59 Å².